The van der Waals surface area contributed by atoms with Crippen LogP contribution in [0.15, 0.2) is 22.7 Å². The second-order valence-electron chi connectivity index (χ2n) is 2.73. The van der Waals surface area contributed by atoms with Crippen molar-refractivity contribution in [2.75, 3.05) is 0 Å². The van der Waals surface area contributed by atoms with Crippen LogP contribution in [-0.2, 0) is 5.88 Å². The molecule has 0 amide bonds. The maximum Gasteiger partial charge on any atom is 0.145 e. The van der Waals surface area contributed by atoms with Gasteiger partial charge >= 0.3 is 0 Å². The summed E-state index contributed by atoms with van der Waals surface area (Å²) in [6.07, 6.45) is 0. The van der Waals surface area contributed by atoms with E-state index in [0.29, 0.717) is 11.0 Å². The van der Waals surface area contributed by atoms with Gasteiger partial charge in [0, 0.05) is 9.86 Å². The van der Waals surface area contributed by atoms with Gasteiger partial charge in [0.1, 0.15) is 11.0 Å². The molecule has 1 aromatic heterocycles. The van der Waals surface area contributed by atoms with E-state index in [-0.39, 0.29) is 5.88 Å². The fourth-order valence-corrected chi connectivity index (χ4v) is 1.90. The Labute approximate surface area is 99.4 Å². The average Bonchev–Trinajstić information content (AvgIpc) is 2.19. The zero-order valence-corrected chi connectivity index (χ0v) is 10.1. The highest BCUT2D eigenvalue weighted by Gasteiger charge is 2.05. The van der Waals surface area contributed by atoms with E-state index in [1.807, 2.05) is 18.2 Å². The maximum atomic E-state index is 5.98. The van der Waals surface area contributed by atoms with Crippen molar-refractivity contribution in [2.45, 2.75) is 5.88 Å². The predicted molar refractivity (Wildman–Crippen MR) is 61.8 cm³/mol. The molecule has 0 aliphatic heterocycles. The summed E-state index contributed by atoms with van der Waals surface area (Å²) in [5.41, 5.74) is 0.809. The van der Waals surface area contributed by atoms with Crippen molar-refractivity contribution >= 4 is 50.0 Å². The molecule has 2 rings (SSSR count). The molecule has 5 heteroatoms. The molecule has 0 saturated carbocycles. The number of hydrogen-bond acceptors (Lipinski definition) is 2. The Bertz CT molecular complexity index is 487. The Morgan fingerprint density at radius 2 is 2.07 bits per heavy atom. The monoisotopic (exact) mass is 290 g/mol. The Hall–Kier alpha value is -0.380. The van der Waals surface area contributed by atoms with Crippen molar-refractivity contribution in [3.63, 3.8) is 0 Å². The van der Waals surface area contributed by atoms with E-state index in [9.17, 15) is 0 Å². The van der Waals surface area contributed by atoms with Crippen molar-refractivity contribution in [1.29, 1.82) is 0 Å². The molecule has 0 N–H and O–H groups in total. The second kappa shape index (κ2) is 4.01. The van der Waals surface area contributed by atoms with Gasteiger partial charge in [-0.05, 0) is 18.2 Å². The number of aromatic nitrogens is 2. The van der Waals surface area contributed by atoms with Gasteiger partial charge in [0.05, 0.1) is 11.4 Å². The summed E-state index contributed by atoms with van der Waals surface area (Å²) in [5.74, 6) is 0.817. The van der Waals surface area contributed by atoms with Crippen LogP contribution >= 0.6 is 39.1 Å². The Morgan fingerprint density at radius 1 is 1.29 bits per heavy atom. The van der Waals surface area contributed by atoms with Crippen molar-refractivity contribution in [3.05, 3.63) is 33.6 Å². The third-order valence-electron chi connectivity index (χ3n) is 1.78. The molecule has 14 heavy (non-hydrogen) atoms. The fourth-order valence-electron chi connectivity index (χ4n) is 1.17. The minimum absolute atomic E-state index is 0.270. The highest BCUT2D eigenvalue weighted by atomic mass is 79.9. The van der Waals surface area contributed by atoms with Gasteiger partial charge in [0.2, 0.25) is 0 Å². The van der Waals surface area contributed by atoms with Gasteiger partial charge < -0.3 is 0 Å². The number of halogens is 3. The van der Waals surface area contributed by atoms with E-state index in [2.05, 4.69) is 25.9 Å². The van der Waals surface area contributed by atoms with E-state index in [4.69, 9.17) is 23.2 Å². The average molecular weight is 292 g/mol. The van der Waals surface area contributed by atoms with E-state index in [1.54, 1.807) is 0 Å². The first-order valence-corrected chi connectivity index (χ1v) is 5.59. The number of hydrogen-bond donors (Lipinski definition) is 0. The second-order valence-corrected chi connectivity index (χ2v) is 4.27. The van der Waals surface area contributed by atoms with Gasteiger partial charge in [0.15, 0.2) is 0 Å². The van der Waals surface area contributed by atoms with Crippen LogP contribution in [0, 0.1) is 0 Å². The molecule has 1 heterocycles. The zero-order valence-electron chi connectivity index (χ0n) is 6.97. The third-order valence-corrected chi connectivity index (χ3v) is 2.80. The van der Waals surface area contributed by atoms with Gasteiger partial charge in [-0.3, -0.25) is 0 Å². The van der Waals surface area contributed by atoms with Gasteiger partial charge in [-0.2, -0.15) is 0 Å². The molecular weight excluding hydrogens is 287 g/mol. The number of fused-ring (bicyclic) bond motifs is 1. The molecule has 0 atom stereocenters. The summed E-state index contributed by atoms with van der Waals surface area (Å²) in [7, 11) is 0. The standard InChI is InChI=1S/C9H5BrCl2N2/c10-5-1-2-7-6(3-5)9(12)14-8(4-11)13-7/h1-3H,4H2. The fraction of sp³-hybridized carbons (Fsp3) is 0.111. The molecule has 2 aromatic rings. The molecular formula is C9H5BrCl2N2. The van der Waals surface area contributed by atoms with Crippen molar-refractivity contribution in [1.82, 2.24) is 9.97 Å². The van der Waals surface area contributed by atoms with Crippen molar-refractivity contribution in [3.8, 4) is 0 Å². The first kappa shape index (κ1) is 10.1. The highest BCUT2D eigenvalue weighted by molar-refractivity contribution is 9.10. The maximum absolute atomic E-state index is 5.98. The molecule has 2 nitrogen and oxygen atoms in total. The van der Waals surface area contributed by atoms with Crippen molar-refractivity contribution in [2.24, 2.45) is 0 Å². The molecule has 1 aromatic carbocycles. The van der Waals surface area contributed by atoms with Gasteiger partial charge in [-0.15, -0.1) is 11.6 Å². The molecule has 0 saturated heterocycles. The van der Waals surface area contributed by atoms with Gasteiger partial charge in [-0.1, -0.05) is 27.5 Å². The summed E-state index contributed by atoms with van der Waals surface area (Å²) < 4.78 is 0.953. The first-order chi connectivity index (χ1) is 6.70. The van der Waals surface area contributed by atoms with Crippen LogP contribution in [0.4, 0.5) is 0 Å². The van der Waals surface area contributed by atoms with E-state index >= 15 is 0 Å². The SMILES string of the molecule is ClCc1nc(Cl)c2cc(Br)ccc2n1. The van der Waals surface area contributed by atoms with E-state index < -0.39 is 0 Å². The van der Waals surface area contributed by atoms with Crippen LogP contribution in [0.25, 0.3) is 10.9 Å². The van der Waals surface area contributed by atoms with E-state index in [0.717, 1.165) is 15.4 Å². The normalized spacial score (nSPS) is 10.8. The number of benzene rings is 1. The van der Waals surface area contributed by atoms with Gasteiger partial charge in [-0.25, -0.2) is 9.97 Å². The van der Waals surface area contributed by atoms with Gasteiger partial charge in [0.25, 0.3) is 0 Å². The lowest BCUT2D eigenvalue weighted by atomic mass is 10.2. The number of rotatable bonds is 1. The lowest BCUT2D eigenvalue weighted by molar-refractivity contribution is 1.06. The largest absolute Gasteiger partial charge is 0.231 e. The van der Waals surface area contributed by atoms with Crippen molar-refractivity contribution < 1.29 is 0 Å². The first-order valence-electron chi connectivity index (χ1n) is 3.88. The zero-order chi connectivity index (χ0) is 10.1. The summed E-state index contributed by atoms with van der Waals surface area (Å²) >= 11 is 15.0. The molecule has 0 radical (unpaired) electrons. The molecule has 0 aliphatic carbocycles. The van der Waals surface area contributed by atoms with Crippen LogP contribution in [-0.4, -0.2) is 9.97 Å². The summed E-state index contributed by atoms with van der Waals surface area (Å²) in [5, 5.41) is 1.27. The summed E-state index contributed by atoms with van der Waals surface area (Å²) in [6, 6.07) is 5.67. The topological polar surface area (TPSA) is 25.8 Å². The third kappa shape index (κ3) is 1.85. The molecule has 0 spiro atoms. The van der Waals surface area contributed by atoms with Crippen LogP contribution < -0.4 is 0 Å². The Morgan fingerprint density at radius 3 is 2.79 bits per heavy atom. The van der Waals surface area contributed by atoms with Crippen LogP contribution in [0.3, 0.4) is 0 Å². The molecule has 0 unspecified atom stereocenters. The summed E-state index contributed by atoms with van der Waals surface area (Å²) in [4.78, 5) is 8.31. The van der Waals surface area contributed by atoms with E-state index in [1.165, 1.54) is 0 Å². The Kier molecular flexibility index (Phi) is 2.91. The minimum Gasteiger partial charge on any atom is -0.231 e. The predicted octanol–water partition coefficient (Wildman–Crippen LogP) is 3.78. The Balaban J connectivity index is 2.76. The van der Waals surface area contributed by atoms with Crippen LogP contribution in [0.1, 0.15) is 5.82 Å². The summed E-state index contributed by atoms with van der Waals surface area (Å²) in [6.45, 7) is 0. The molecule has 0 fully saturated rings. The molecule has 0 aliphatic rings. The number of alkyl halides is 1. The molecule has 0 bridgehead atoms. The highest BCUT2D eigenvalue weighted by Crippen LogP contribution is 2.24. The molecule has 72 valence electrons. The quantitative estimate of drug-likeness (QED) is 0.590. The lowest BCUT2D eigenvalue weighted by Gasteiger charge is -2.02. The lowest BCUT2D eigenvalue weighted by Crippen LogP contribution is -1.93. The van der Waals surface area contributed by atoms with Crippen LogP contribution in [0.2, 0.25) is 5.15 Å². The smallest absolute Gasteiger partial charge is 0.145 e. The number of nitrogens with zero attached hydrogens (tertiary/aromatic N) is 2. The van der Waals surface area contributed by atoms with Crippen LogP contribution in [0.5, 0.6) is 0 Å². The minimum atomic E-state index is 0.270.